The van der Waals surface area contributed by atoms with Crippen LogP contribution in [0.2, 0.25) is 5.02 Å². The molecule has 0 aliphatic heterocycles. The molecule has 3 aromatic rings. The fourth-order valence-corrected chi connectivity index (χ4v) is 3.25. The van der Waals surface area contributed by atoms with Crippen LogP contribution in [0.1, 0.15) is 41.0 Å². The van der Waals surface area contributed by atoms with E-state index in [2.05, 4.69) is 61.1 Å². The lowest BCUT2D eigenvalue weighted by atomic mass is 10.1. The number of nitrogens with zero attached hydrogens (tertiary/aromatic N) is 2. The summed E-state index contributed by atoms with van der Waals surface area (Å²) in [6.45, 7) is 7.97. The summed E-state index contributed by atoms with van der Waals surface area (Å²) in [5.74, 6) is 0. The third kappa shape index (κ3) is 4.30. The smallest absolute Gasteiger partial charge is 0.0662 e. The van der Waals surface area contributed by atoms with Crippen LogP contribution in [0.25, 0.3) is 0 Å². The minimum atomic E-state index is 0.231. The van der Waals surface area contributed by atoms with Gasteiger partial charge in [0, 0.05) is 28.9 Å². The Labute approximate surface area is 154 Å². The van der Waals surface area contributed by atoms with Gasteiger partial charge in [0.25, 0.3) is 0 Å². The lowest BCUT2D eigenvalue weighted by molar-refractivity contribution is 0.571. The highest BCUT2D eigenvalue weighted by Crippen LogP contribution is 2.20. The molecule has 1 N–H and O–H groups in total. The maximum Gasteiger partial charge on any atom is 0.0662 e. The molecule has 0 fully saturated rings. The molecule has 25 heavy (non-hydrogen) atoms. The molecule has 0 aliphatic rings. The van der Waals surface area contributed by atoms with Crippen molar-refractivity contribution in [2.45, 2.75) is 39.9 Å². The number of hydrogen-bond donors (Lipinski definition) is 1. The van der Waals surface area contributed by atoms with Crippen LogP contribution in [0.15, 0.2) is 54.6 Å². The summed E-state index contributed by atoms with van der Waals surface area (Å²) >= 11 is 6.10. The van der Waals surface area contributed by atoms with E-state index in [1.54, 1.807) is 0 Å². The van der Waals surface area contributed by atoms with Gasteiger partial charge in [0.2, 0.25) is 0 Å². The zero-order valence-corrected chi connectivity index (χ0v) is 15.7. The second-order valence-corrected chi connectivity index (χ2v) is 6.89. The van der Waals surface area contributed by atoms with Crippen molar-refractivity contribution in [3.05, 3.63) is 87.7 Å². The zero-order chi connectivity index (χ0) is 17.8. The quantitative estimate of drug-likeness (QED) is 0.671. The first-order chi connectivity index (χ1) is 12.0. The maximum absolute atomic E-state index is 6.10. The van der Waals surface area contributed by atoms with Gasteiger partial charge >= 0.3 is 0 Å². The SMILES string of the molecule is Cc1nn(Cc2ccccc2)c(C)c1CNC(C)c1cccc(Cl)c1. The van der Waals surface area contributed by atoms with Crippen molar-refractivity contribution in [2.24, 2.45) is 0 Å². The first-order valence-electron chi connectivity index (χ1n) is 8.60. The van der Waals surface area contributed by atoms with Crippen LogP contribution in [-0.4, -0.2) is 9.78 Å². The predicted octanol–water partition coefficient (Wildman–Crippen LogP) is 5.05. The van der Waals surface area contributed by atoms with Gasteiger partial charge in [-0.25, -0.2) is 0 Å². The van der Waals surface area contributed by atoms with Crippen LogP contribution in [-0.2, 0) is 13.1 Å². The number of benzene rings is 2. The van der Waals surface area contributed by atoms with E-state index in [1.807, 2.05) is 24.3 Å². The summed E-state index contributed by atoms with van der Waals surface area (Å²) in [6, 6.07) is 18.7. The van der Waals surface area contributed by atoms with Crippen LogP contribution in [0.4, 0.5) is 0 Å². The maximum atomic E-state index is 6.10. The van der Waals surface area contributed by atoms with E-state index < -0.39 is 0 Å². The fourth-order valence-electron chi connectivity index (χ4n) is 3.05. The molecule has 0 spiro atoms. The largest absolute Gasteiger partial charge is 0.306 e. The van der Waals surface area contributed by atoms with Crippen molar-refractivity contribution >= 4 is 11.6 Å². The minimum Gasteiger partial charge on any atom is -0.306 e. The summed E-state index contributed by atoms with van der Waals surface area (Å²) in [5.41, 5.74) is 6.02. The Balaban J connectivity index is 1.70. The van der Waals surface area contributed by atoms with Crippen LogP contribution < -0.4 is 5.32 Å². The molecule has 0 radical (unpaired) electrons. The van der Waals surface area contributed by atoms with Gasteiger partial charge in [-0.3, -0.25) is 4.68 Å². The molecule has 4 heteroatoms. The molecule has 130 valence electrons. The van der Waals surface area contributed by atoms with Gasteiger partial charge in [0.05, 0.1) is 12.2 Å². The minimum absolute atomic E-state index is 0.231. The van der Waals surface area contributed by atoms with E-state index in [4.69, 9.17) is 16.7 Å². The standard InChI is InChI=1S/C21H24ClN3/c1-15(19-10-7-11-20(22)12-19)23-13-21-16(2)24-25(17(21)3)14-18-8-5-4-6-9-18/h4-12,15,23H,13-14H2,1-3H3. The average Bonchev–Trinajstić information content (AvgIpc) is 2.87. The van der Waals surface area contributed by atoms with Gasteiger partial charge in [0.1, 0.15) is 0 Å². The average molecular weight is 354 g/mol. The van der Waals surface area contributed by atoms with Gasteiger partial charge in [-0.1, -0.05) is 54.1 Å². The molecule has 1 atom stereocenters. The molecule has 3 nitrogen and oxygen atoms in total. The lowest BCUT2D eigenvalue weighted by Crippen LogP contribution is -2.19. The van der Waals surface area contributed by atoms with Crippen molar-refractivity contribution in [3.63, 3.8) is 0 Å². The summed E-state index contributed by atoms with van der Waals surface area (Å²) in [6.07, 6.45) is 0. The summed E-state index contributed by atoms with van der Waals surface area (Å²) in [7, 11) is 0. The Kier molecular flexibility index (Phi) is 5.57. The Morgan fingerprint density at radius 3 is 2.56 bits per heavy atom. The van der Waals surface area contributed by atoms with E-state index in [0.29, 0.717) is 0 Å². The van der Waals surface area contributed by atoms with Crippen LogP contribution in [0.5, 0.6) is 0 Å². The van der Waals surface area contributed by atoms with Crippen LogP contribution >= 0.6 is 11.6 Å². The molecule has 1 heterocycles. The van der Waals surface area contributed by atoms with Gasteiger partial charge in [-0.15, -0.1) is 0 Å². The van der Waals surface area contributed by atoms with Crippen molar-refractivity contribution < 1.29 is 0 Å². The first-order valence-corrected chi connectivity index (χ1v) is 8.98. The molecule has 0 bridgehead atoms. The molecular formula is C21H24ClN3. The van der Waals surface area contributed by atoms with Crippen LogP contribution in [0.3, 0.4) is 0 Å². The number of aromatic nitrogens is 2. The highest BCUT2D eigenvalue weighted by molar-refractivity contribution is 6.30. The van der Waals surface area contributed by atoms with Gasteiger partial charge in [-0.05, 0) is 44.0 Å². The van der Waals surface area contributed by atoms with Crippen LogP contribution in [0, 0.1) is 13.8 Å². The van der Waals surface area contributed by atoms with Gasteiger partial charge in [0.15, 0.2) is 0 Å². The van der Waals surface area contributed by atoms with Crippen molar-refractivity contribution in [3.8, 4) is 0 Å². The number of halogens is 1. The fraction of sp³-hybridized carbons (Fsp3) is 0.286. The summed E-state index contributed by atoms with van der Waals surface area (Å²) < 4.78 is 2.09. The predicted molar refractivity (Wildman–Crippen MR) is 104 cm³/mol. The van der Waals surface area contributed by atoms with E-state index in [9.17, 15) is 0 Å². The third-order valence-electron chi connectivity index (χ3n) is 4.64. The first kappa shape index (κ1) is 17.7. The Bertz CT molecular complexity index is 840. The van der Waals surface area contributed by atoms with Gasteiger partial charge < -0.3 is 5.32 Å². The lowest BCUT2D eigenvalue weighted by Gasteiger charge is -2.15. The van der Waals surface area contributed by atoms with Crippen molar-refractivity contribution in [1.82, 2.24) is 15.1 Å². The second kappa shape index (κ2) is 7.85. The molecule has 0 saturated carbocycles. The molecule has 1 unspecified atom stereocenters. The number of nitrogens with one attached hydrogen (secondary N) is 1. The Hall–Kier alpha value is -2.10. The molecular weight excluding hydrogens is 330 g/mol. The topological polar surface area (TPSA) is 29.9 Å². The Morgan fingerprint density at radius 2 is 1.84 bits per heavy atom. The molecule has 1 aromatic heterocycles. The third-order valence-corrected chi connectivity index (χ3v) is 4.88. The Morgan fingerprint density at radius 1 is 1.08 bits per heavy atom. The molecule has 0 saturated heterocycles. The normalized spacial score (nSPS) is 12.3. The van der Waals surface area contributed by atoms with E-state index in [1.165, 1.54) is 22.4 Å². The highest BCUT2D eigenvalue weighted by Gasteiger charge is 2.13. The number of rotatable bonds is 6. The molecule has 2 aromatic carbocycles. The molecule has 0 aliphatic carbocycles. The number of hydrogen-bond acceptors (Lipinski definition) is 2. The van der Waals surface area contributed by atoms with Crippen molar-refractivity contribution in [1.29, 1.82) is 0 Å². The second-order valence-electron chi connectivity index (χ2n) is 6.45. The molecule has 0 amide bonds. The monoisotopic (exact) mass is 353 g/mol. The van der Waals surface area contributed by atoms with E-state index in [0.717, 1.165) is 23.8 Å². The van der Waals surface area contributed by atoms with Crippen molar-refractivity contribution in [2.75, 3.05) is 0 Å². The van der Waals surface area contributed by atoms with E-state index in [-0.39, 0.29) is 6.04 Å². The number of aryl methyl sites for hydroxylation is 1. The summed E-state index contributed by atoms with van der Waals surface area (Å²) in [4.78, 5) is 0. The molecule has 3 rings (SSSR count). The zero-order valence-electron chi connectivity index (χ0n) is 15.0. The summed E-state index contributed by atoms with van der Waals surface area (Å²) in [5, 5.41) is 9.09. The van der Waals surface area contributed by atoms with Gasteiger partial charge in [-0.2, -0.15) is 5.10 Å². The highest BCUT2D eigenvalue weighted by atomic mass is 35.5. The van der Waals surface area contributed by atoms with E-state index >= 15 is 0 Å².